The van der Waals surface area contributed by atoms with Crippen molar-refractivity contribution in [3.05, 3.63) is 23.8 Å². The third-order valence-corrected chi connectivity index (χ3v) is 1.43. The van der Waals surface area contributed by atoms with Crippen LogP contribution in [0.25, 0.3) is 0 Å². The van der Waals surface area contributed by atoms with Crippen molar-refractivity contribution >= 4 is 0 Å². The van der Waals surface area contributed by atoms with Gasteiger partial charge >= 0.3 is 0 Å². The molecule has 0 spiro atoms. The zero-order valence-corrected chi connectivity index (χ0v) is 8.13. The van der Waals surface area contributed by atoms with E-state index in [1.807, 2.05) is 14.1 Å². The molecule has 4 N–H and O–H groups in total. The van der Waals surface area contributed by atoms with Gasteiger partial charge in [-0.2, -0.15) is 0 Å². The number of aromatic hydroxyl groups is 2. The van der Waals surface area contributed by atoms with Crippen molar-refractivity contribution in [2.24, 2.45) is 0 Å². The zero-order valence-electron chi connectivity index (χ0n) is 8.13. The maximum atomic E-state index is 8.93. The average Bonchev–Trinajstić information content (AvgIpc) is 2.12. The zero-order chi connectivity index (χ0) is 10.3. The summed E-state index contributed by atoms with van der Waals surface area (Å²) in [6.45, 7) is 1.73. The summed E-state index contributed by atoms with van der Waals surface area (Å²) >= 11 is 0. The van der Waals surface area contributed by atoms with Crippen LogP contribution in [0.4, 0.5) is 0 Å². The minimum absolute atomic E-state index is 0.185. The van der Waals surface area contributed by atoms with E-state index in [1.54, 1.807) is 6.92 Å². The molecule has 74 valence electrons. The molecule has 0 bridgehead atoms. The van der Waals surface area contributed by atoms with Crippen molar-refractivity contribution in [1.82, 2.24) is 10.9 Å². The number of hydrazine groups is 1. The van der Waals surface area contributed by atoms with Gasteiger partial charge in [0.2, 0.25) is 0 Å². The molecule has 0 aliphatic rings. The minimum atomic E-state index is 0.185. The van der Waals surface area contributed by atoms with E-state index in [0.29, 0.717) is 5.56 Å². The Kier molecular flexibility index (Phi) is 5.67. The van der Waals surface area contributed by atoms with E-state index in [2.05, 4.69) is 10.9 Å². The van der Waals surface area contributed by atoms with Gasteiger partial charge in [0.15, 0.2) is 0 Å². The molecule has 0 heterocycles. The molecule has 1 aromatic rings. The fraction of sp³-hybridized carbons (Fsp3) is 0.333. The van der Waals surface area contributed by atoms with Crippen molar-refractivity contribution in [2.75, 3.05) is 14.1 Å². The lowest BCUT2D eigenvalue weighted by atomic mass is 10.2. The standard InChI is InChI=1S/C7H8O2.C2H8N2/c1-5-4-6(8)2-3-7(5)9;1-3-4-2/h2-4,8-9H,1H3;3-4H,1-2H3. The van der Waals surface area contributed by atoms with Gasteiger partial charge in [-0.25, -0.2) is 0 Å². The summed E-state index contributed by atoms with van der Waals surface area (Å²) < 4.78 is 0. The molecule has 13 heavy (non-hydrogen) atoms. The molecular formula is C9H16N2O2. The number of rotatable bonds is 1. The maximum absolute atomic E-state index is 8.93. The van der Waals surface area contributed by atoms with Crippen molar-refractivity contribution in [3.8, 4) is 11.5 Å². The second-order valence-corrected chi connectivity index (χ2v) is 2.47. The van der Waals surface area contributed by atoms with Gasteiger partial charge in [-0.05, 0) is 44.8 Å². The second-order valence-electron chi connectivity index (χ2n) is 2.47. The number of hydrogen-bond donors (Lipinski definition) is 4. The molecule has 4 nitrogen and oxygen atoms in total. The smallest absolute Gasteiger partial charge is 0.118 e. The molecule has 0 saturated heterocycles. The fourth-order valence-electron chi connectivity index (χ4n) is 0.640. The predicted molar refractivity (Wildman–Crippen MR) is 52.6 cm³/mol. The van der Waals surface area contributed by atoms with Gasteiger partial charge < -0.3 is 10.2 Å². The largest absolute Gasteiger partial charge is 0.508 e. The van der Waals surface area contributed by atoms with Gasteiger partial charge in [-0.15, -0.1) is 0 Å². The van der Waals surface area contributed by atoms with Crippen molar-refractivity contribution in [2.45, 2.75) is 6.92 Å². The minimum Gasteiger partial charge on any atom is -0.508 e. The van der Waals surface area contributed by atoms with Gasteiger partial charge in [0, 0.05) is 0 Å². The Balaban J connectivity index is 0.000000310. The number of phenols is 2. The molecule has 0 fully saturated rings. The molecule has 0 aliphatic heterocycles. The van der Waals surface area contributed by atoms with Crippen LogP contribution in [0.5, 0.6) is 11.5 Å². The van der Waals surface area contributed by atoms with E-state index in [0.717, 1.165) is 0 Å². The number of aryl methyl sites for hydroxylation is 1. The van der Waals surface area contributed by atoms with E-state index < -0.39 is 0 Å². The lowest BCUT2D eigenvalue weighted by Gasteiger charge is -1.96. The Hall–Kier alpha value is -1.26. The quantitative estimate of drug-likeness (QED) is 0.384. The first-order valence-electron chi connectivity index (χ1n) is 3.94. The van der Waals surface area contributed by atoms with Crippen molar-refractivity contribution < 1.29 is 10.2 Å². The molecule has 0 amide bonds. The first-order chi connectivity index (χ1) is 6.11. The summed E-state index contributed by atoms with van der Waals surface area (Å²) in [5.74, 6) is 0.401. The van der Waals surface area contributed by atoms with Crippen LogP contribution in [-0.2, 0) is 0 Å². The summed E-state index contributed by atoms with van der Waals surface area (Å²) in [4.78, 5) is 0. The van der Waals surface area contributed by atoms with Crippen molar-refractivity contribution in [1.29, 1.82) is 0 Å². The molecular weight excluding hydrogens is 168 g/mol. The summed E-state index contributed by atoms with van der Waals surface area (Å²) in [5.41, 5.74) is 6.05. The molecule has 0 saturated carbocycles. The number of benzene rings is 1. The summed E-state index contributed by atoms with van der Waals surface area (Å²) in [5, 5.41) is 17.8. The molecule has 0 radical (unpaired) electrons. The third kappa shape index (κ3) is 5.05. The van der Waals surface area contributed by atoms with E-state index in [-0.39, 0.29) is 11.5 Å². The van der Waals surface area contributed by atoms with E-state index >= 15 is 0 Å². The van der Waals surface area contributed by atoms with Crippen LogP contribution in [0.2, 0.25) is 0 Å². The lowest BCUT2D eigenvalue weighted by Crippen LogP contribution is -2.21. The van der Waals surface area contributed by atoms with Gasteiger partial charge in [0.1, 0.15) is 11.5 Å². The Bertz CT molecular complexity index is 249. The number of hydrogen-bond acceptors (Lipinski definition) is 4. The molecule has 0 aromatic heterocycles. The number of phenolic OH excluding ortho intramolecular Hbond substituents is 2. The maximum Gasteiger partial charge on any atom is 0.118 e. The van der Waals surface area contributed by atoms with Gasteiger partial charge in [0.25, 0.3) is 0 Å². The Labute approximate surface area is 78.2 Å². The third-order valence-electron chi connectivity index (χ3n) is 1.43. The van der Waals surface area contributed by atoms with E-state index in [9.17, 15) is 0 Å². The van der Waals surface area contributed by atoms with Crippen molar-refractivity contribution in [3.63, 3.8) is 0 Å². The highest BCUT2D eigenvalue weighted by molar-refractivity contribution is 5.37. The van der Waals surface area contributed by atoms with E-state index in [4.69, 9.17) is 10.2 Å². The molecule has 0 atom stereocenters. The first-order valence-corrected chi connectivity index (χ1v) is 3.94. The van der Waals surface area contributed by atoms with Crippen LogP contribution in [0.15, 0.2) is 18.2 Å². The van der Waals surface area contributed by atoms with Crippen LogP contribution in [0, 0.1) is 6.92 Å². The molecule has 0 aliphatic carbocycles. The van der Waals surface area contributed by atoms with Crippen LogP contribution in [0.1, 0.15) is 5.56 Å². The van der Waals surface area contributed by atoms with E-state index in [1.165, 1.54) is 18.2 Å². The Morgan fingerprint density at radius 2 is 1.62 bits per heavy atom. The first kappa shape index (κ1) is 11.7. The van der Waals surface area contributed by atoms with Crippen LogP contribution >= 0.6 is 0 Å². The second kappa shape index (κ2) is 6.28. The molecule has 1 rings (SSSR count). The highest BCUT2D eigenvalue weighted by Crippen LogP contribution is 2.19. The normalized spacial score (nSPS) is 8.85. The van der Waals surface area contributed by atoms with Crippen LogP contribution < -0.4 is 10.9 Å². The fourth-order valence-corrected chi connectivity index (χ4v) is 0.640. The summed E-state index contributed by atoms with van der Waals surface area (Å²) in [6, 6.07) is 4.42. The summed E-state index contributed by atoms with van der Waals surface area (Å²) in [7, 11) is 3.64. The number of nitrogens with one attached hydrogen (secondary N) is 2. The Morgan fingerprint density at radius 1 is 1.08 bits per heavy atom. The summed E-state index contributed by atoms with van der Waals surface area (Å²) in [6.07, 6.45) is 0. The Morgan fingerprint density at radius 3 is 1.92 bits per heavy atom. The highest BCUT2D eigenvalue weighted by atomic mass is 16.3. The van der Waals surface area contributed by atoms with Crippen LogP contribution in [-0.4, -0.2) is 24.3 Å². The van der Waals surface area contributed by atoms with Gasteiger partial charge in [0.05, 0.1) is 0 Å². The van der Waals surface area contributed by atoms with Gasteiger partial charge in [-0.1, -0.05) is 0 Å². The monoisotopic (exact) mass is 184 g/mol. The SMILES string of the molecule is CNNC.Cc1cc(O)ccc1O. The predicted octanol–water partition coefficient (Wildman–Crippen LogP) is 0.746. The molecule has 4 heteroatoms. The molecule has 1 aromatic carbocycles. The lowest BCUT2D eigenvalue weighted by molar-refractivity contribution is 0.456. The highest BCUT2D eigenvalue weighted by Gasteiger charge is 1.93. The molecule has 0 unspecified atom stereocenters. The topological polar surface area (TPSA) is 64.5 Å². The average molecular weight is 184 g/mol. The van der Waals surface area contributed by atoms with Gasteiger partial charge in [-0.3, -0.25) is 10.9 Å². The van der Waals surface area contributed by atoms with Crippen LogP contribution in [0.3, 0.4) is 0 Å².